The average Bonchev–Trinajstić information content (AvgIpc) is 2.54. The van der Waals surface area contributed by atoms with Gasteiger partial charge in [-0.15, -0.1) is 0 Å². The lowest BCUT2D eigenvalue weighted by atomic mass is 10.00. The van der Waals surface area contributed by atoms with Crippen LogP contribution in [0.3, 0.4) is 0 Å². The maximum Gasteiger partial charge on any atom is 0.326 e. The van der Waals surface area contributed by atoms with Gasteiger partial charge < -0.3 is 14.8 Å². The summed E-state index contributed by atoms with van der Waals surface area (Å²) in [5.41, 5.74) is 0. The molecule has 0 radical (unpaired) electrons. The monoisotopic (exact) mass is 352 g/mol. The summed E-state index contributed by atoms with van der Waals surface area (Å²) in [6.07, 6.45) is 1.94. The van der Waals surface area contributed by atoms with Crippen LogP contribution in [0.15, 0.2) is 0 Å². The molecule has 7 nitrogen and oxygen atoms in total. The minimum absolute atomic E-state index is 0.0117. The van der Waals surface area contributed by atoms with Gasteiger partial charge in [0, 0.05) is 32.9 Å². The second-order valence-electron chi connectivity index (χ2n) is 6.35. The molecular formula is C15H31NO6P+. The minimum Gasteiger partial charge on any atom is -0.469 e. The first kappa shape index (κ1) is 22.2. The molecule has 0 aromatic heterocycles. The molecule has 0 aliphatic rings. The van der Waals surface area contributed by atoms with Gasteiger partial charge >= 0.3 is 11.9 Å². The number of carbonyl (C=O) groups excluding carboxylic acids is 2. The van der Waals surface area contributed by atoms with Crippen LogP contribution in [0, 0.1) is 5.92 Å². The molecule has 0 aromatic carbocycles. The second-order valence-corrected chi connectivity index (χ2v) is 11.0. The van der Waals surface area contributed by atoms with E-state index in [9.17, 15) is 9.59 Å². The van der Waals surface area contributed by atoms with E-state index in [0.717, 1.165) is 6.16 Å². The molecule has 2 N–H and O–H groups in total. The topological polar surface area (TPSA) is 94.1 Å². The Morgan fingerprint density at radius 3 is 2.22 bits per heavy atom. The first-order chi connectivity index (χ1) is 10.7. The maximum atomic E-state index is 11.8. The van der Waals surface area contributed by atoms with E-state index >= 15 is 0 Å². The average molecular weight is 352 g/mol. The number of rotatable bonds is 11. The fraction of sp³-hybridized carbons (Fsp3) is 0.867. The van der Waals surface area contributed by atoms with Crippen molar-refractivity contribution in [3.8, 4) is 0 Å². The van der Waals surface area contributed by atoms with Crippen LogP contribution in [0.25, 0.3) is 0 Å². The van der Waals surface area contributed by atoms with Crippen molar-refractivity contribution in [1.29, 1.82) is 0 Å². The molecule has 3 atom stereocenters. The largest absolute Gasteiger partial charge is 0.469 e. The van der Waals surface area contributed by atoms with Gasteiger partial charge in [0.15, 0.2) is 0 Å². The first-order valence-electron chi connectivity index (χ1n) is 7.64. The van der Waals surface area contributed by atoms with Gasteiger partial charge in [0.05, 0.1) is 32.6 Å². The first-order valence-corrected chi connectivity index (χ1v) is 10.7. The maximum absolute atomic E-state index is 11.8. The van der Waals surface area contributed by atoms with E-state index in [2.05, 4.69) is 28.3 Å². The molecule has 23 heavy (non-hydrogen) atoms. The molecule has 0 aliphatic carbocycles. The SMILES string of the molecule is CNC(C[P+](C)(C)CC(CCC(=O)OC)C(C)OO)C(=O)OC. The molecule has 0 aromatic rings. The predicted molar refractivity (Wildman–Crippen MR) is 91.3 cm³/mol. The summed E-state index contributed by atoms with van der Waals surface area (Å²) >= 11 is 0. The molecular weight excluding hydrogens is 321 g/mol. The Morgan fingerprint density at radius 2 is 1.78 bits per heavy atom. The lowest BCUT2D eigenvalue weighted by Crippen LogP contribution is -2.39. The Labute approximate surface area is 139 Å². The Hall–Kier alpha value is -0.750. The standard InChI is InChI=1S/C15H30NO6P/c1-11(22-19)12(7-8-14(17)20-3)9-23(5,6)10-13(16-2)15(18)21-4/h11-13,16H,7-10H2,1-6H3/p+1. The van der Waals surface area contributed by atoms with Crippen molar-refractivity contribution in [2.24, 2.45) is 5.92 Å². The minimum atomic E-state index is -1.48. The number of hydrogen-bond donors (Lipinski definition) is 2. The Bertz CT molecular complexity index is 377. The highest BCUT2D eigenvalue weighted by Gasteiger charge is 2.37. The molecule has 0 heterocycles. The van der Waals surface area contributed by atoms with Crippen LogP contribution in [0.2, 0.25) is 0 Å². The van der Waals surface area contributed by atoms with Crippen molar-refractivity contribution in [2.45, 2.75) is 31.9 Å². The van der Waals surface area contributed by atoms with Crippen LogP contribution in [-0.4, -0.2) is 76.3 Å². The van der Waals surface area contributed by atoms with Crippen molar-refractivity contribution in [3.05, 3.63) is 0 Å². The number of methoxy groups -OCH3 is 2. The van der Waals surface area contributed by atoms with Gasteiger partial charge in [0.1, 0.15) is 6.04 Å². The zero-order valence-corrected chi connectivity index (χ0v) is 15.9. The van der Waals surface area contributed by atoms with E-state index in [1.165, 1.54) is 14.2 Å². The van der Waals surface area contributed by atoms with Crippen molar-refractivity contribution in [2.75, 3.05) is 46.9 Å². The van der Waals surface area contributed by atoms with Crippen LogP contribution in [0.1, 0.15) is 19.8 Å². The van der Waals surface area contributed by atoms with Crippen molar-refractivity contribution >= 4 is 19.2 Å². The molecule has 0 saturated carbocycles. The summed E-state index contributed by atoms with van der Waals surface area (Å²) in [5, 5.41) is 12.0. The molecule has 3 unspecified atom stereocenters. The van der Waals surface area contributed by atoms with Gasteiger partial charge in [0.2, 0.25) is 0 Å². The number of carbonyl (C=O) groups is 2. The van der Waals surface area contributed by atoms with Gasteiger partial charge in [-0.25, -0.2) is 4.89 Å². The Morgan fingerprint density at radius 1 is 1.17 bits per heavy atom. The van der Waals surface area contributed by atoms with E-state index < -0.39 is 7.26 Å². The van der Waals surface area contributed by atoms with Crippen LogP contribution < -0.4 is 5.32 Å². The lowest BCUT2D eigenvalue weighted by Gasteiger charge is -2.28. The summed E-state index contributed by atoms with van der Waals surface area (Å²) in [5.74, 6) is -0.547. The lowest BCUT2D eigenvalue weighted by molar-refractivity contribution is -0.284. The molecule has 8 heteroatoms. The van der Waals surface area contributed by atoms with Crippen molar-refractivity contribution < 1.29 is 29.2 Å². The zero-order chi connectivity index (χ0) is 18.0. The summed E-state index contributed by atoms with van der Waals surface area (Å²) in [6.45, 7) is 6.07. The number of nitrogens with one attached hydrogen (secondary N) is 1. The fourth-order valence-electron chi connectivity index (χ4n) is 2.60. The second kappa shape index (κ2) is 10.9. The highest BCUT2D eigenvalue weighted by molar-refractivity contribution is 7.74. The highest BCUT2D eigenvalue weighted by Crippen LogP contribution is 2.54. The number of likely N-dealkylation sites (N-methyl/N-ethyl adjacent to an activating group) is 1. The number of hydrogen-bond acceptors (Lipinski definition) is 7. The van der Waals surface area contributed by atoms with E-state index in [1.54, 1.807) is 14.0 Å². The van der Waals surface area contributed by atoms with Gasteiger partial charge in [-0.1, -0.05) is 0 Å². The summed E-state index contributed by atoms with van der Waals surface area (Å²) in [4.78, 5) is 27.6. The van der Waals surface area contributed by atoms with Crippen LogP contribution in [0.4, 0.5) is 0 Å². The Kier molecular flexibility index (Phi) is 10.6. The summed E-state index contributed by atoms with van der Waals surface area (Å²) < 4.78 is 9.47. The van der Waals surface area contributed by atoms with Crippen molar-refractivity contribution in [1.82, 2.24) is 5.32 Å². The van der Waals surface area contributed by atoms with Gasteiger partial charge in [-0.05, 0) is 20.4 Å². The van der Waals surface area contributed by atoms with Gasteiger partial charge in [-0.2, -0.15) is 0 Å². The van der Waals surface area contributed by atoms with Crippen molar-refractivity contribution in [3.63, 3.8) is 0 Å². The summed E-state index contributed by atoms with van der Waals surface area (Å²) in [6, 6.07) is -0.352. The van der Waals surface area contributed by atoms with Crippen LogP contribution >= 0.6 is 7.26 Å². The molecule has 0 aliphatic heterocycles. The van der Waals surface area contributed by atoms with E-state index in [0.29, 0.717) is 12.6 Å². The third kappa shape index (κ3) is 8.61. The smallest absolute Gasteiger partial charge is 0.326 e. The third-order valence-electron chi connectivity index (χ3n) is 4.02. The van der Waals surface area contributed by atoms with Crippen LogP contribution in [-0.2, 0) is 24.0 Å². The quantitative estimate of drug-likeness (QED) is 0.252. The molecule has 0 bridgehead atoms. The Balaban J connectivity index is 4.85. The third-order valence-corrected chi connectivity index (χ3v) is 6.83. The van der Waals surface area contributed by atoms with Gasteiger partial charge in [0.25, 0.3) is 0 Å². The van der Waals surface area contributed by atoms with E-state index in [4.69, 9.17) is 9.99 Å². The molecule has 136 valence electrons. The summed E-state index contributed by atoms with van der Waals surface area (Å²) in [7, 11) is 2.98. The van der Waals surface area contributed by atoms with E-state index in [-0.39, 0.29) is 36.4 Å². The normalized spacial score (nSPS) is 15.6. The highest BCUT2D eigenvalue weighted by atomic mass is 31.2. The zero-order valence-electron chi connectivity index (χ0n) is 15.0. The van der Waals surface area contributed by atoms with E-state index in [1.807, 2.05) is 0 Å². The van der Waals surface area contributed by atoms with Crippen LogP contribution in [0.5, 0.6) is 0 Å². The molecule has 0 saturated heterocycles. The molecule has 0 amide bonds. The molecule has 0 spiro atoms. The predicted octanol–water partition coefficient (Wildman–Crippen LogP) is 1.47. The number of esters is 2. The fourth-order valence-corrected chi connectivity index (χ4v) is 5.81. The van der Waals surface area contributed by atoms with Gasteiger partial charge in [-0.3, -0.25) is 14.8 Å². The number of ether oxygens (including phenoxy) is 2. The molecule has 0 rings (SSSR count). The molecule has 0 fully saturated rings.